The van der Waals surface area contributed by atoms with Crippen molar-refractivity contribution >= 4 is 16.5 Å². The number of rotatable bonds is 4. The van der Waals surface area contributed by atoms with Gasteiger partial charge in [0.25, 0.3) is 0 Å². The molecule has 3 aromatic rings. The molecule has 1 heterocycles. The topological polar surface area (TPSA) is 24.5 Å². The van der Waals surface area contributed by atoms with Crippen LogP contribution in [0.1, 0.15) is 24.4 Å². The molecule has 0 bridgehead atoms. The number of hydrogen-bond acceptors (Lipinski definition) is 3. The number of anilines is 1. The van der Waals surface area contributed by atoms with Gasteiger partial charge in [0.2, 0.25) is 0 Å². The molecule has 0 aliphatic carbocycles. The molecular formula is C23H26N2O. The number of piperidine rings is 1. The molecule has 2 atom stereocenters. The lowest BCUT2D eigenvalue weighted by atomic mass is 9.90. The average molecular weight is 346 g/mol. The number of benzene rings is 3. The van der Waals surface area contributed by atoms with Crippen LogP contribution in [0.2, 0.25) is 0 Å². The van der Waals surface area contributed by atoms with E-state index in [1.807, 2.05) is 0 Å². The van der Waals surface area contributed by atoms with Crippen LogP contribution in [0, 0.1) is 0 Å². The Bertz CT molecular complexity index is 878. The molecule has 134 valence electrons. The van der Waals surface area contributed by atoms with E-state index in [1.165, 1.54) is 28.4 Å². The van der Waals surface area contributed by atoms with Gasteiger partial charge in [0.15, 0.2) is 0 Å². The van der Waals surface area contributed by atoms with Crippen LogP contribution < -0.4 is 15.0 Å². The van der Waals surface area contributed by atoms with E-state index in [2.05, 4.69) is 84.0 Å². The van der Waals surface area contributed by atoms with Crippen LogP contribution in [0.15, 0.2) is 66.7 Å². The van der Waals surface area contributed by atoms with Crippen molar-refractivity contribution < 1.29 is 4.74 Å². The number of likely N-dealkylation sites (N-methyl/N-ethyl adjacent to an activating group) is 1. The van der Waals surface area contributed by atoms with Crippen LogP contribution in [0.25, 0.3) is 10.8 Å². The maximum atomic E-state index is 5.74. The zero-order valence-corrected chi connectivity index (χ0v) is 15.5. The van der Waals surface area contributed by atoms with Gasteiger partial charge in [-0.3, -0.25) is 0 Å². The van der Waals surface area contributed by atoms with Gasteiger partial charge in [-0.25, -0.2) is 0 Å². The molecule has 0 unspecified atom stereocenters. The summed E-state index contributed by atoms with van der Waals surface area (Å²) < 4.78 is 5.74. The zero-order valence-electron chi connectivity index (χ0n) is 15.5. The van der Waals surface area contributed by atoms with Gasteiger partial charge in [-0.15, -0.1) is 0 Å². The monoisotopic (exact) mass is 346 g/mol. The van der Waals surface area contributed by atoms with Gasteiger partial charge in [-0.1, -0.05) is 60.7 Å². The van der Waals surface area contributed by atoms with Crippen molar-refractivity contribution in [1.29, 1.82) is 0 Å². The Hall–Kier alpha value is -2.52. The van der Waals surface area contributed by atoms with Crippen molar-refractivity contribution in [3.05, 3.63) is 72.3 Å². The van der Waals surface area contributed by atoms with Crippen LogP contribution in [-0.4, -0.2) is 26.7 Å². The predicted molar refractivity (Wildman–Crippen MR) is 109 cm³/mol. The lowest BCUT2D eigenvalue weighted by Crippen LogP contribution is -2.47. The standard InChI is InChI=1S/C23H26N2O/c1-25(20-13-8-16-24-22(20)18-10-4-3-5-11-18)23-19-12-7-6-9-17(19)14-15-21(23)26-2/h3-7,9-12,14-15,20,22,24H,8,13,16H2,1-2H3/t20-,22-/m0/s1. The predicted octanol–water partition coefficient (Wildman–Crippen LogP) is 4.78. The fourth-order valence-electron chi connectivity index (χ4n) is 4.22. The van der Waals surface area contributed by atoms with Crippen molar-refractivity contribution in [2.24, 2.45) is 0 Å². The Kier molecular flexibility index (Phi) is 4.81. The summed E-state index contributed by atoms with van der Waals surface area (Å²) in [6, 6.07) is 24.3. The Labute approximate surface area is 155 Å². The van der Waals surface area contributed by atoms with Crippen molar-refractivity contribution in [2.45, 2.75) is 24.9 Å². The van der Waals surface area contributed by atoms with Crippen molar-refractivity contribution in [2.75, 3.05) is 25.6 Å². The van der Waals surface area contributed by atoms with E-state index >= 15 is 0 Å². The summed E-state index contributed by atoms with van der Waals surface area (Å²) in [5.41, 5.74) is 2.53. The van der Waals surface area contributed by atoms with Crippen LogP contribution >= 0.6 is 0 Å². The van der Waals surface area contributed by atoms with Gasteiger partial charge in [-0.2, -0.15) is 0 Å². The minimum Gasteiger partial charge on any atom is -0.495 e. The summed E-state index contributed by atoms with van der Waals surface area (Å²) in [6.45, 7) is 1.07. The van der Waals surface area contributed by atoms with Gasteiger partial charge in [0.05, 0.1) is 18.8 Å². The van der Waals surface area contributed by atoms with Crippen molar-refractivity contribution in [3.63, 3.8) is 0 Å². The highest BCUT2D eigenvalue weighted by molar-refractivity contribution is 5.97. The zero-order chi connectivity index (χ0) is 17.9. The number of methoxy groups -OCH3 is 1. The van der Waals surface area contributed by atoms with E-state index in [9.17, 15) is 0 Å². The van der Waals surface area contributed by atoms with E-state index in [0.29, 0.717) is 12.1 Å². The Morgan fingerprint density at radius 3 is 2.54 bits per heavy atom. The van der Waals surface area contributed by atoms with Crippen molar-refractivity contribution in [1.82, 2.24) is 5.32 Å². The molecule has 4 rings (SSSR count). The summed E-state index contributed by atoms with van der Waals surface area (Å²) in [4.78, 5) is 2.42. The highest BCUT2D eigenvalue weighted by Gasteiger charge is 2.31. The highest BCUT2D eigenvalue weighted by atomic mass is 16.5. The quantitative estimate of drug-likeness (QED) is 0.736. The van der Waals surface area contributed by atoms with Gasteiger partial charge >= 0.3 is 0 Å². The molecule has 3 aromatic carbocycles. The summed E-state index contributed by atoms with van der Waals surface area (Å²) in [7, 11) is 3.97. The maximum absolute atomic E-state index is 5.74. The van der Waals surface area contributed by atoms with Gasteiger partial charge < -0.3 is 15.0 Å². The first-order valence-electron chi connectivity index (χ1n) is 9.36. The van der Waals surface area contributed by atoms with E-state index in [0.717, 1.165) is 18.7 Å². The molecule has 0 radical (unpaired) electrons. The maximum Gasteiger partial charge on any atom is 0.142 e. The normalized spacial score (nSPS) is 20.1. The molecule has 1 fully saturated rings. The SMILES string of the molecule is COc1ccc2ccccc2c1N(C)[C@H]1CCCN[C@H]1c1ccccc1. The van der Waals surface area contributed by atoms with E-state index in [1.54, 1.807) is 7.11 Å². The van der Waals surface area contributed by atoms with Gasteiger partial charge in [-0.05, 0) is 36.4 Å². The van der Waals surface area contributed by atoms with Gasteiger partial charge in [0, 0.05) is 18.5 Å². The number of hydrogen-bond donors (Lipinski definition) is 1. The largest absolute Gasteiger partial charge is 0.495 e. The molecule has 26 heavy (non-hydrogen) atoms. The number of ether oxygens (including phenoxy) is 1. The third kappa shape index (κ3) is 3.04. The fraction of sp³-hybridized carbons (Fsp3) is 0.304. The third-order valence-corrected chi connectivity index (χ3v) is 5.52. The minimum atomic E-state index is 0.318. The average Bonchev–Trinajstić information content (AvgIpc) is 2.73. The second-order valence-electron chi connectivity index (χ2n) is 7.00. The molecule has 1 aliphatic heterocycles. The molecule has 3 nitrogen and oxygen atoms in total. The van der Waals surface area contributed by atoms with E-state index < -0.39 is 0 Å². The smallest absolute Gasteiger partial charge is 0.142 e. The first-order valence-corrected chi connectivity index (χ1v) is 9.36. The second-order valence-corrected chi connectivity index (χ2v) is 7.00. The molecule has 1 saturated heterocycles. The summed E-state index contributed by atoms with van der Waals surface area (Å²) in [6.07, 6.45) is 2.35. The Balaban J connectivity index is 1.78. The lowest BCUT2D eigenvalue weighted by molar-refractivity contribution is 0.345. The minimum absolute atomic E-state index is 0.318. The number of fused-ring (bicyclic) bond motifs is 1. The second kappa shape index (κ2) is 7.38. The molecule has 3 heteroatoms. The molecule has 1 aliphatic rings. The first-order chi connectivity index (χ1) is 12.8. The molecule has 0 aromatic heterocycles. The highest BCUT2D eigenvalue weighted by Crippen LogP contribution is 2.40. The van der Waals surface area contributed by atoms with Gasteiger partial charge in [0.1, 0.15) is 5.75 Å². The molecule has 0 spiro atoms. The fourth-order valence-corrected chi connectivity index (χ4v) is 4.22. The first kappa shape index (κ1) is 16.9. The van der Waals surface area contributed by atoms with Crippen LogP contribution in [0.5, 0.6) is 5.75 Å². The molecule has 0 saturated carbocycles. The third-order valence-electron chi connectivity index (χ3n) is 5.52. The molecular weight excluding hydrogens is 320 g/mol. The lowest BCUT2D eigenvalue weighted by Gasteiger charge is -2.41. The summed E-state index contributed by atoms with van der Waals surface area (Å²) in [5, 5.41) is 6.23. The van der Waals surface area contributed by atoms with Crippen LogP contribution in [0.3, 0.4) is 0 Å². The Morgan fingerprint density at radius 2 is 1.73 bits per heavy atom. The molecule has 0 amide bonds. The summed E-state index contributed by atoms with van der Waals surface area (Å²) >= 11 is 0. The summed E-state index contributed by atoms with van der Waals surface area (Å²) in [5.74, 6) is 0.934. The van der Waals surface area contributed by atoms with Crippen LogP contribution in [0.4, 0.5) is 5.69 Å². The van der Waals surface area contributed by atoms with Crippen LogP contribution in [-0.2, 0) is 0 Å². The number of nitrogens with one attached hydrogen (secondary N) is 1. The van der Waals surface area contributed by atoms with E-state index in [-0.39, 0.29) is 0 Å². The molecule has 1 N–H and O–H groups in total. The van der Waals surface area contributed by atoms with Crippen molar-refractivity contribution in [3.8, 4) is 5.75 Å². The Morgan fingerprint density at radius 1 is 0.962 bits per heavy atom. The van der Waals surface area contributed by atoms with E-state index in [4.69, 9.17) is 4.74 Å². The number of nitrogens with zero attached hydrogens (tertiary/aromatic N) is 1.